The Labute approximate surface area is 390 Å². The fourth-order valence-corrected chi connectivity index (χ4v) is 8.49. The van der Waals surface area contributed by atoms with Gasteiger partial charge in [-0.15, -0.1) is 0 Å². The smallest absolute Gasteiger partial charge is 0.255 e. The number of nitrogens with zero attached hydrogens (tertiary/aromatic N) is 6. The maximum absolute atomic E-state index is 14.9. The van der Waals surface area contributed by atoms with Crippen molar-refractivity contribution in [2.45, 2.75) is 70.5 Å². The number of carbonyl (C=O) groups is 4. The second-order valence-corrected chi connectivity index (χ2v) is 16.8. The fourth-order valence-electron chi connectivity index (χ4n) is 8.32. The van der Waals surface area contributed by atoms with Gasteiger partial charge in [0.1, 0.15) is 23.4 Å². The molecule has 0 aliphatic carbocycles. The number of rotatable bonds is 18. The second kappa shape index (κ2) is 21.4. The standard InChI is InChI=1S/C49H48ClF2N11O4/c50-32-12-16-36-37(24-32)46(44-38(51)7-6-8-39(44)52)56-25-31-26-57-49(61-45(31)36)59-33-13-10-29(11-14-33)40(62-53)27-55-22-21-54-20-5-3-1-2-4-9-42(64)58-34-15-17-35-30(23-34)28-63(48(35)67)41-18-19-43(65)60-47(41)66/h6-8,10-17,23-24,26-27,41,54H,1-5,9,18-22,25,28,53H2,(H,58,64)(H,57,59,61)(H,60,65,66). The van der Waals surface area contributed by atoms with E-state index in [4.69, 9.17) is 22.4 Å². The Balaban J connectivity index is 0.722. The van der Waals surface area contributed by atoms with Gasteiger partial charge in [-0.2, -0.15) is 5.10 Å². The predicted molar refractivity (Wildman–Crippen MR) is 254 cm³/mol. The molecule has 3 aliphatic heterocycles. The summed E-state index contributed by atoms with van der Waals surface area (Å²) >= 11 is 6.36. The van der Waals surface area contributed by atoms with Crippen LogP contribution in [0.2, 0.25) is 5.02 Å². The molecule has 1 fully saturated rings. The van der Waals surface area contributed by atoms with Gasteiger partial charge in [0.15, 0.2) is 0 Å². The minimum atomic E-state index is -0.727. The highest BCUT2D eigenvalue weighted by Gasteiger charge is 2.39. The number of nitrogens with two attached hydrogens (primary N) is 1. The first kappa shape index (κ1) is 46.3. The number of unbranched alkanes of at least 4 members (excludes halogenated alkanes) is 4. The summed E-state index contributed by atoms with van der Waals surface area (Å²) in [5, 5.41) is 16.2. The van der Waals surface area contributed by atoms with Crippen LogP contribution in [0.15, 0.2) is 100 Å². The second-order valence-electron chi connectivity index (χ2n) is 16.4. The van der Waals surface area contributed by atoms with Gasteiger partial charge in [-0.05, 0) is 86.0 Å². The molecule has 0 spiro atoms. The van der Waals surface area contributed by atoms with E-state index in [9.17, 15) is 28.0 Å². The van der Waals surface area contributed by atoms with Crippen molar-refractivity contribution in [3.63, 3.8) is 0 Å². The molecule has 1 aromatic heterocycles. The van der Waals surface area contributed by atoms with Gasteiger partial charge in [0.2, 0.25) is 23.7 Å². The number of hydrazone groups is 1. The van der Waals surface area contributed by atoms with Gasteiger partial charge < -0.3 is 26.7 Å². The van der Waals surface area contributed by atoms with Gasteiger partial charge in [-0.3, -0.25) is 34.5 Å². The zero-order valence-corrected chi connectivity index (χ0v) is 37.2. The number of imide groups is 1. The van der Waals surface area contributed by atoms with Gasteiger partial charge in [-0.25, -0.2) is 18.7 Å². The number of piperidine rings is 1. The van der Waals surface area contributed by atoms with Crippen molar-refractivity contribution in [2.24, 2.45) is 20.9 Å². The SMILES string of the molecule is NN=C(C=NCCNCCCCCCCC(=O)Nc1ccc2c(c1)CN(C1CCC(=O)NC1=O)C2=O)c1ccc(Nc2ncc3c(n2)-c2ccc(Cl)cc2C(c2c(F)cccc2F)=NC3)cc1. The number of fused-ring (bicyclic) bond motifs is 4. The van der Waals surface area contributed by atoms with Crippen molar-refractivity contribution < 1.29 is 28.0 Å². The van der Waals surface area contributed by atoms with E-state index < -0.39 is 23.6 Å². The average Bonchev–Trinajstić information content (AvgIpc) is 3.55. The van der Waals surface area contributed by atoms with Crippen LogP contribution >= 0.6 is 11.6 Å². The van der Waals surface area contributed by atoms with E-state index in [1.54, 1.807) is 48.8 Å². The molecule has 4 aromatic carbocycles. The van der Waals surface area contributed by atoms with Crippen LogP contribution in [0.5, 0.6) is 0 Å². The molecule has 0 radical (unpaired) electrons. The summed E-state index contributed by atoms with van der Waals surface area (Å²) < 4.78 is 29.9. The lowest BCUT2D eigenvalue weighted by Gasteiger charge is -2.29. The summed E-state index contributed by atoms with van der Waals surface area (Å²) in [7, 11) is 0. The summed E-state index contributed by atoms with van der Waals surface area (Å²) in [5.41, 5.74) is 6.08. The summed E-state index contributed by atoms with van der Waals surface area (Å²) in [6.45, 7) is 2.44. The van der Waals surface area contributed by atoms with E-state index in [0.29, 0.717) is 81.9 Å². The van der Waals surface area contributed by atoms with E-state index in [0.717, 1.165) is 49.8 Å². The first-order valence-electron chi connectivity index (χ1n) is 22.1. The largest absolute Gasteiger partial charge is 0.326 e. The third kappa shape index (κ3) is 11.1. The monoisotopic (exact) mass is 927 g/mol. The predicted octanol–water partition coefficient (Wildman–Crippen LogP) is 7.23. The highest BCUT2D eigenvalue weighted by Crippen LogP contribution is 2.35. The molecular formula is C49H48ClF2N11O4. The molecule has 1 unspecified atom stereocenters. The van der Waals surface area contributed by atoms with E-state index in [2.05, 4.69) is 41.3 Å². The topological polar surface area (TPSA) is 209 Å². The van der Waals surface area contributed by atoms with Gasteiger partial charge in [-0.1, -0.05) is 55.1 Å². The van der Waals surface area contributed by atoms with Crippen molar-refractivity contribution in [1.29, 1.82) is 0 Å². The van der Waals surface area contributed by atoms with Crippen molar-refractivity contribution in [2.75, 3.05) is 30.3 Å². The van der Waals surface area contributed by atoms with E-state index >= 15 is 0 Å². The molecule has 6 N–H and O–H groups in total. The summed E-state index contributed by atoms with van der Waals surface area (Å²) in [5.74, 6) is 3.47. The lowest BCUT2D eigenvalue weighted by Crippen LogP contribution is -2.52. The number of aromatic nitrogens is 2. The molecular weight excluding hydrogens is 880 g/mol. The summed E-state index contributed by atoms with van der Waals surface area (Å²) in [6, 6.07) is 20.7. The molecule has 18 heteroatoms. The van der Waals surface area contributed by atoms with Crippen molar-refractivity contribution in [1.82, 2.24) is 25.5 Å². The molecule has 15 nitrogen and oxygen atoms in total. The minimum absolute atomic E-state index is 0.0891. The third-order valence-corrected chi connectivity index (χ3v) is 12.0. The van der Waals surface area contributed by atoms with E-state index in [1.165, 1.54) is 23.1 Å². The lowest BCUT2D eigenvalue weighted by atomic mass is 9.95. The molecule has 67 heavy (non-hydrogen) atoms. The minimum Gasteiger partial charge on any atom is -0.326 e. The number of benzene rings is 4. The number of hydrogen-bond acceptors (Lipinski definition) is 12. The van der Waals surface area contributed by atoms with Gasteiger partial charge in [0, 0.05) is 82.6 Å². The Morgan fingerprint density at radius 3 is 2.45 bits per heavy atom. The number of hydrogen-bond donors (Lipinski definition) is 5. The Bertz CT molecular complexity index is 2780. The van der Waals surface area contributed by atoms with Crippen LogP contribution in [0.25, 0.3) is 11.3 Å². The van der Waals surface area contributed by atoms with E-state index in [1.807, 2.05) is 24.3 Å². The van der Waals surface area contributed by atoms with Gasteiger partial charge in [0.25, 0.3) is 5.91 Å². The number of anilines is 3. The van der Waals surface area contributed by atoms with Crippen LogP contribution < -0.4 is 27.1 Å². The highest BCUT2D eigenvalue weighted by atomic mass is 35.5. The number of aliphatic imine (C=N–C) groups is 2. The van der Waals surface area contributed by atoms with E-state index in [-0.39, 0.29) is 48.5 Å². The van der Waals surface area contributed by atoms with Crippen LogP contribution in [0, 0.1) is 11.6 Å². The van der Waals surface area contributed by atoms with Crippen molar-refractivity contribution in [3.05, 3.63) is 135 Å². The first-order valence-corrected chi connectivity index (χ1v) is 22.5. The van der Waals surface area contributed by atoms with Crippen molar-refractivity contribution >= 4 is 70.2 Å². The Morgan fingerprint density at radius 1 is 0.896 bits per heavy atom. The first-order chi connectivity index (χ1) is 32.6. The van der Waals surface area contributed by atoms with Crippen LogP contribution in [0.4, 0.5) is 26.1 Å². The molecule has 3 aliphatic rings. The molecule has 344 valence electrons. The number of nitrogens with one attached hydrogen (secondary N) is 4. The molecule has 1 atom stereocenters. The number of carbonyl (C=O) groups excluding carboxylic acids is 4. The zero-order chi connectivity index (χ0) is 46.9. The average molecular weight is 928 g/mol. The van der Waals surface area contributed by atoms with Crippen LogP contribution in [0.1, 0.15) is 89.5 Å². The number of halogens is 3. The van der Waals surface area contributed by atoms with Crippen LogP contribution in [-0.2, 0) is 27.5 Å². The molecule has 5 aromatic rings. The Hall–Kier alpha value is -7.24. The fraction of sp³-hybridized carbons (Fsp3) is 0.286. The normalized spacial score (nSPS) is 15.7. The van der Waals surface area contributed by atoms with Gasteiger partial charge >= 0.3 is 0 Å². The molecule has 8 rings (SSSR count). The Kier molecular flexibility index (Phi) is 14.8. The van der Waals surface area contributed by atoms with Crippen molar-refractivity contribution in [3.8, 4) is 11.3 Å². The highest BCUT2D eigenvalue weighted by molar-refractivity contribution is 6.38. The molecule has 1 saturated heterocycles. The molecule has 4 amide bonds. The van der Waals surface area contributed by atoms with Crippen LogP contribution in [-0.4, -0.2) is 81.8 Å². The molecule has 4 heterocycles. The maximum Gasteiger partial charge on any atom is 0.255 e. The molecule has 0 bridgehead atoms. The third-order valence-electron chi connectivity index (χ3n) is 11.7. The quantitative estimate of drug-likeness (QED) is 0.0197. The summed E-state index contributed by atoms with van der Waals surface area (Å²) in [4.78, 5) is 69.3. The summed E-state index contributed by atoms with van der Waals surface area (Å²) in [6.07, 6.45) is 8.92. The zero-order valence-electron chi connectivity index (χ0n) is 36.5. The Morgan fingerprint density at radius 2 is 1.66 bits per heavy atom. The van der Waals surface area contributed by atoms with Gasteiger partial charge in [0.05, 0.1) is 30.1 Å². The number of amides is 4. The molecule has 0 saturated carbocycles. The maximum atomic E-state index is 14.9. The lowest BCUT2D eigenvalue weighted by molar-refractivity contribution is -0.137. The van der Waals surface area contributed by atoms with Crippen LogP contribution in [0.3, 0.4) is 0 Å².